The molecule has 1 fully saturated rings. The quantitative estimate of drug-likeness (QED) is 0.521. The van der Waals surface area contributed by atoms with Gasteiger partial charge in [-0.05, 0) is 6.42 Å². The number of aliphatic carboxylic acids is 1. The zero-order valence-electron chi connectivity index (χ0n) is 8.47. The molecule has 0 saturated heterocycles. The Hall–Kier alpha value is -1.14. The SMILES string of the molecule is COCC(O)CNC(=O)[C@@H]1C[C@@H]1C(=O)O. The lowest BCUT2D eigenvalue weighted by Gasteiger charge is -2.10. The highest BCUT2D eigenvalue weighted by Crippen LogP contribution is 2.38. The van der Waals surface area contributed by atoms with Gasteiger partial charge >= 0.3 is 5.97 Å². The Labute approximate surface area is 87.2 Å². The van der Waals surface area contributed by atoms with Crippen LogP contribution in [0.4, 0.5) is 0 Å². The Morgan fingerprint density at radius 2 is 2.20 bits per heavy atom. The summed E-state index contributed by atoms with van der Waals surface area (Å²) in [4.78, 5) is 21.8. The van der Waals surface area contributed by atoms with Crippen LogP contribution in [0.1, 0.15) is 6.42 Å². The fourth-order valence-corrected chi connectivity index (χ4v) is 1.36. The number of nitrogens with one attached hydrogen (secondary N) is 1. The Balaban J connectivity index is 2.18. The molecule has 3 N–H and O–H groups in total. The van der Waals surface area contributed by atoms with Gasteiger partial charge in [-0.25, -0.2) is 0 Å². The summed E-state index contributed by atoms with van der Waals surface area (Å²) in [6, 6.07) is 0. The summed E-state index contributed by atoms with van der Waals surface area (Å²) in [5, 5.41) is 20.3. The molecule has 0 aliphatic heterocycles. The number of hydrogen-bond donors (Lipinski definition) is 3. The Bertz CT molecular complexity index is 255. The lowest BCUT2D eigenvalue weighted by atomic mass is 10.3. The molecule has 1 amide bonds. The third-order valence-corrected chi connectivity index (χ3v) is 2.32. The van der Waals surface area contributed by atoms with Crippen molar-refractivity contribution in [1.29, 1.82) is 0 Å². The second-order valence-corrected chi connectivity index (χ2v) is 3.64. The molecule has 3 atom stereocenters. The van der Waals surface area contributed by atoms with Crippen molar-refractivity contribution in [3.8, 4) is 0 Å². The fraction of sp³-hybridized carbons (Fsp3) is 0.778. The minimum absolute atomic E-state index is 0.0928. The van der Waals surface area contributed by atoms with Crippen molar-refractivity contribution in [3.05, 3.63) is 0 Å². The standard InChI is InChI=1S/C9H15NO5/c1-15-4-5(11)3-10-8(12)6-2-7(6)9(13)14/h5-7,11H,2-4H2,1H3,(H,10,12)(H,13,14)/t5?,6-,7+/m1/s1. The summed E-state index contributed by atoms with van der Waals surface area (Å²) in [6.07, 6.45) is -0.359. The van der Waals surface area contributed by atoms with Crippen LogP contribution in [0, 0.1) is 11.8 Å². The Kier molecular flexibility index (Phi) is 4.05. The van der Waals surface area contributed by atoms with E-state index in [1.165, 1.54) is 7.11 Å². The highest BCUT2D eigenvalue weighted by atomic mass is 16.5. The molecule has 6 heteroatoms. The molecule has 1 aliphatic carbocycles. The van der Waals surface area contributed by atoms with Crippen molar-refractivity contribution in [2.75, 3.05) is 20.3 Å². The van der Waals surface area contributed by atoms with E-state index in [-0.39, 0.29) is 19.1 Å². The number of carbonyl (C=O) groups excluding carboxylic acids is 1. The molecule has 15 heavy (non-hydrogen) atoms. The Morgan fingerprint density at radius 1 is 1.53 bits per heavy atom. The van der Waals surface area contributed by atoms with E-state index < -0.39 is 23.9 Å². The van der Waals surface area contributed by atoms with Gasteiger partial charge in [-0.15, -0.1) is 0 Å². The van der Waals surface area contributed by atoms with Crippen LogP contribution < -0.4 is 5.32 Å². The summed E-state index contributed by atoms with van der Waals surface area (Å²) in [6.45, 7) is 0.239. The maximum absolute atomic E-state index is 11.3. The van der Waals surface area contributed by atoms with Crippen molar-refractivity contribution in [1.82, 2.24) is 5.32 Å². The highest BCUT2D eigenvalue weighted by Gasteiger charge is 2.48. The van der Waals surface area contributed by atoms with Crippen molar-refractivity contribution in [3.63, 3.8) is 0 Å². The topological polar surface area (TPSA) is 95.9 Å². The van der Waals surface area contributed by atoms with Crippen LogP contribution in [0.5, 0.6) is 0 Å². The van der Waals surface area contributed by atoms with Crippen molar-refractivity contribution >= 4 is 11.9 Å². The largest absolute Gasteiger partial charge is 0.481 e. The van der Waals surface area contributed by atoms with Gasteiger partial charge in [0.15, 0.2) is 0 Å². The van der Waals surface area contributed by atoms with Crippen LogP contribution in [-0.2, 0) is 14.3 Å². The summed E-state index contributed by atoms with van der Waals surface area (Å²) >= 11 is 0. The first-order chi connectivity index (χ1) is 7.06. The smallest absolute Gasteiger partial charge is 0.307 e. The van der Waals surface area contributed by atoms with E-state index in [9.17, 15) is 14.7 Å². The zero-order chi connectivity index (χ0) is 11.4. The van der Waals surface area contributed by atoms with Gasteiger partial charge in [0, 0.05) is 13.7 Å². The second kappa shape index (κ2) is 5.09. The van der Waals surface area contributed by atoms with Crippen molar-refractivity contribution in [2.24, 2.45) is 11.8 Å². The van der Waals surface area contributed by atoms with Gasteiger partial charge in [0.2, 0.25) is 5.91 Å². The minimum atomic E-state index is -0.937. The van der Waals surface area contributed by atoms with E-state index in [1.54, 1.807) is 0 Å². The molecule has 0 aromatic heterocycles. The van der Waals surface area contributed by atoms with E-state index >= 15 is 0 Å². The molecular formula is C9H15NO5. The Morgan fingerprint density at radius 3 is 2.67 bits per heavy atom. The summed E-state index contributed by atoms with van der Waals surface area (Å²) in [5.41, 5.74) is 0. The number of ether oxygens (including phenoxy) is 1. The van der Waals surface area contributed by atoms with Gasteiger partial charge in [-0.3, -0.25) is 9.59 Å². The lowest BCUT2D eigenvalue weighted by Crippen LogP contribution is -2.35. The third-order valence-electron chi connectivity index (χ3n) is 2.32. The molecule has 1 rings (SSSR count). The van der Waals surface area contributed by atoms with Gasteiger partial charge in [-0.2, -0.15) is 0 Å². The van der Waals surface area contributed by atoms with Crippen LogP contribution in [0.3, 0.4) is 0 Å². The molecule has 6 nitrogen and oxygen atoms in total. The van der Waals surface area contributed by atoms with Crippen LogP contribution in [0.2, 0.25) is 0 Å². The minimum Gasteiger partial charge on any atom is -0.481 e. The number of aliphatic hydroxyl groups is 1. The molecule has 86 valence electrons. The fourth-order valence-electron chi connectivity index (χ4n) is 1.36. The van der Waals surface area contributed by atoms with Crippen LogP contribution in [0.15, 0.2) is 0 Å². The van der Waals surface area contributed by atoms with E-state index in [1.807, 2.05) is 0 Å². The molecular weight excluding hydrogens is 202 g/mol. The van der Waals surface area contributed by atoms with Gasteiger partial charge < -0.3 is 20.3 Å². The molecule has 1 saturated carbocycles. The summed E-state index contributed by atoms with van der Waals surface area (Å²) in [5.74, 6) is -2.23. The predicted octanol–water partition coefficient (Wildman–Crippen LogP) is -1.17. The molecule has 1 aliphatic rings. The maximum atomic E-state index is 11.3. The first-order valence-electron chi connectivity index (χ1n) is 4.73. The summed E-state index contributed by atoms with van der Waals surface area (Å²) in [7, 11) is 1.45. The molecule has 0 heterocycles. The normalized spacial score (nSPS) is 25.7. The lowest BCUT2D eigenvalue weighted by molar-refractivity contribution is -0.140. The molecule has 0 aromatic rings. The number of carbonyl (C=O) groups is 2. The van der Waals surface area contributed by atoms with Crippen LogP contribution >= 0.6 is 0 Å². The maximum Gasteiger partial charge on any atom is 0.307 e. The van der Waals surface area contributed by atoms with Crippen LogP contribution in [0.25, 0.3) is 0 Å². The predicted molar refractivity (Wildman–Crippen MR) is 50.1 cm³/mol. The number of rotatable bonds is 6. The zero-order valence-corrected chi connectivity index (χ0v) is 8.47. The number of hydrogen-bond acceptors (Lipinski definition) is 4. The van der Waals surface area contributed by atoms with Crippen molar-refractivity contribution < 1.29 is 24.5 Å². The molecule has 0 aromatic carbocycles. The van der Waals surface area contributed by atoms with Crippen molar-refractivity contribution in [2.45, 2.75) is 12.5 Å². The number of carboxylic acids is 1. The molecule has 0 spiro atoms. The first-order valence-corrected chi connectivity index (χ1v) is 4.73. The summed E-state index contributed by atoms with van der Waals surface area (Å²) < 4.78 is 4.68. The molecule has 1 unspecified atom stereocenters. The molecule has 0 radical (unpaired) electrons. The van der Waals surface area contributed by atoms with E-state index in [4.69, 9.17) is 5.11 Å². The number of carboxylic acid groups (broad SMARTS) is 1. The monoisotopic (exact) mass is 217 g/mol. The number of aliphatic hydroxyl groups excluding tert-OH is 1. The van der Waals surface area contributed by atoms with Gasteiger partial charge in [0.25, 0.3) is 0 Å². The van der Waals surface area contributed by atoms with E-state index in [2.05, 4.69) is 10.1 Å². The first kappa shape index (κ1) is 11.9. The van der Waals surface area contributed by atoms with E-state index in [0.717, 1.165) is 0 Å². The average molecular weight is 217 g/mol. The van der Waals surface area contributed by atoms with Gasteiger partial charge in [0.05, 0.1) is 24.5 Å². The van der Waals surface area contributed by atoms with Gasteiger partial charge in [0.1, 0.15) is 0 Å². The van der Waals surface area contributed by atoms with Gasteiger partial charge in [-0.1, -0.05) is 0 Å². The number of amides is 1. The number of methoxy groups -OCH3 is 1. The highest BCUT2D eigenvalue weighted by molar-refractivity contribution is 5.89. The average Bonchev–Trinajstić information content (AvgIpc) is 2.94. The van der Waals surface area contributed by atoms with Crippen LogP contribution in [-0.4, -0.2) is 48.5 Å². The molecule has 0 bridgehead atoms. The second-order valence-electron chi connectivity index (χ2n) is 3.64. The van der Waals surface area contributed by atoms with E-state index in [0.29, 0.717) is 6.42 Å². The third kappa shape index (κ3) is 3.49.